The Hall–Kier alpha value is -1.45. The predicted octanol–water partition coefficient (Wildman–Crippen LogP) is 5.01. The van der Waals surface area contributed by atoms with Gasteiger partial charge in [-0.3, -0.25) is 4.79 Å². The molecular weight excluding hydrogens is 308 g/mol. The van der Waals surface area contributed by atoms with E-state index in [9.17, 15) is 4.79 Å². The summed E-state index contributed by atoms with van der Waals surface area (Å²) in [7, 11) is 0. The van der Waals surface area contributed by atoms with Gasteiger partial charge in [-0.1, -0.05) is 72.8 Å². The molecule has 1 atom stereocenters. The van der Waals surface area contributed by atoms with Crippen LogP contribution in [0.25, 0.3) is 6.08 Å². The smallest absolute Gasteiger partial charge is 0.171 e. The molecule has 3 rings (SSSR count). The molecule has 1 aliphatic heterocycles. The monoisotopic (exact) mass is 326 g/mol. The van der Waals surface area contributed by atoms with Gasteiger partial charge in [0.25, 0.3) is 0 Å². The first-order valence-corrected chi connectivity index (χ1v) is 9.50. The zero-order chi connectivity index (χ0) is 15.2. The number of allylic oxidation sites excluding steroid dienone is 1. The summed E-state index contributed by atoms with van der Waals surface area (Å²) < 4.78 is 0.327. The van der Waals surface area contributed by atoms with E-state index in [-0.39, 0.29) is 11.7 Å². The van der Waals surface area contributed by atoms with Crippen molar-refractivity contribution in [2.75, 3.05) is 11.5 Å². The van der Waals surface area contributed by atoms with Crippen molar-refractivity contribution in [1.29, 1.82) is 0 Å². The number of rotatable bonds is 5. The Kier molecular flexibility index (Phi) is 5.41. The van der Waals surface area contributed by atoms with Crippen molar-refractivity contribution in [2.24, 2.45) is 5.92 Å². The number of carbonyl (C=O) groups is 1. The Bertz CT molecular complexity index is 631. The van der Waals surface area contributed by atoms with Gasteiger partial charge in [-0.25, -0.2) is 0 Å². The van der Waals surface area contributed by atoms with Crippen LogP contribution in [0.5, 0.6) is 0 Å². The first-order valence-electron chi connectivity index (χ1n) is 7.40. The summed E-state index contributed by atoms with van der Waals surface area (Å²) in [6, 6.07) is 19.8. The fourth-order valence-corrected chi connectivity index (χ4v) is 5.50. The van der Waals surface area contributed by atoms with Crippen LogP contribution in [-0.2, 0) is 0 Å². The molecule has 1 nitrogen and oxygen atoms in total. The van der Waals surface area contributed by atoms with Gasteiger partial charge in [-0.2, -0.15) is 0 Å². The van der Waals surface area contributed by atoms with Crippen molar-refractivity contribution in [3.63, 3.8) is 0 Å². The normalized spacial score (nSPS) is 16.9. The van der Waals surface area contributed by atoms with Crippen LogP contribution in [0.3, 0.4) is 0 Å². The van der Waals surface area contributed by atoms with Crippen molar-refractivity contribution in [3.05, 3.63) is 77.9 Å². The standard InChI is InChI=1S/C19H18OS2/c20-18(16-9-5-2-6-10-16)17(19-21-13-14-22-19)12-11-15-7-3-1-4-8-15/h1-12,17,19H,13-14H2/b12-11+. The summed E-state index contributed by atoms with van der Waals surface area (Å²) in [6.45, 7) is 0. The lowest BCUT2D eigenvalue weighted by atomic mass is 9.98. The first kappa shape index (κ1) is 15.4. The van der Waals surface area contributed by atoms with Crippen LogP contribution in [-0.4, -0.2) is 21.9 Å². The van der Waals surface area contributed by atoms with Crippen LogP contribution in [0.15, 0.2) is 66.7 Å². The molecule has 2 aromatic carbocycles. The third kappa shape index (κ3) is 3.84. The molecule has 0 bridgehead atoms. The second-order valence-corrected chi connectivity index (χ2v) is 7.93. The molecule has 1 saturated heterocycles. The molecule has 3 heteroatoms. The molecule has 1 fully saturated rings. The Morgan fingerprint density at radius 2 is 1.55 bits per heavy atom. The van der Waals surface area contributed by atoms with Gasteiger partial charge in [0.2, 0.25) is 0 Å². The van der Waals surface area contributed by atoms with Gasteiger partial charge < -0.3 is 0 Å². The molecule has 2 aromatic rings. The molecule has 0 amide bonds. The SMILES string of the molecule is O=C(c1ccccc1)C(/C=C/c1ccccc1)C1SCCS1. The number of ketones is 1. The van der Waals surface area contributed by atoms with Crippen molar-refractivity contribution < 1.29 is 4.79 Å². The van der Waals surface area contributed by atoms with E-state index in [1.165, 1.54) is 0 Å². The number of carbonyl (C=O) groups excluding carboxylic acids is 1. The Morgan fingerprint density at radius 1 is 0.955 bits per heavy atom. The van der Waals surface area contributed by atoms with Crippen LogP contribution in [0.2, 0.25) is 0 Å². The molecule has 0 radical (unpaired) electrons. The van der Waals surface area contributed by atoms with Gasteiger partial charge in [0, 0.05) is 17.1 Å². The number of Topliss-reactive ketones (excluding diaryl/α,β-unsaturated/α-hetero) is 1. The number of hydrogen-bond acceptors (Lipinski definition) is 3. The highest BCUT2D eigenvalue weighted by molar-refractivity contribution is 8.20. The van der Waals surface area contributed by atoms with Crippen LogP contribution in [0, 0.1) is 5.92 Å². The highest BCUT2D eigenvalue weighted by atomic mass is 32.2. The second kappa shape index (κ2) is 7.70. The topological polar surface area (TPSA) is 17.1 Å². The minimum absolute atomic E-state index is 0.0693. The minimum Gasteiger partial charge on any atom is -0.293 e. The Morgan fingerprint density at radius 3 is 2.18 bits per heavy atom. The zero-order valence-electron chi connectivity index (χ0n) is 12.2. The summed E-state index contributed by atoms with van der Waals surface area (Å²) in [5.74, 6) is 2.42. The lowest BCUT2D eigenvalue weighted by molar-refractivity contribution is 0.0952. The molecule has 0 N–H and O–H groups in total. The largest absolute Gasteiger partial charge is 0.293 e. The lowest BCUT2D eigenvalue weighted by Crippen LogP contribution is -2.20. The molecule has 112 valence electrons. The minimum atomic E-state index is -0.0693. The molecule has 0 aromatic heterocycles. The summed E-state index contributed by atoms with van der Waals surface area (Å²) in [5.41, 5.74) is 1.94. The Labute approximate surface area is 140 Å². The summed E-state index contributed by atoms with van der Waals surface area (Å²) in [5, 5.41) is 0. The molecular formula is C19H18OS2. The number of thioether (sulfide) groups is 2. The van der Waals surface area contributed by atoms with Gasteiger partial charge in [0.05, 0.1) is 10.5 Å². The van der Waals surface area contributed by atoms with E-state index in [4.69, 9.17) is 0 Å². The number of benzene rings is 2. The average molecular weight is 326 g/mol. The molecule has 1 heterocycles. The molecule has 22 heavy (non-hydrogen) atoms. The highest BCUT2D eigenvalue weighted by Crippen LogP contribution is 2.39. The van der Waals surface area contributed by atoms with Crippen LogP contribution >= 0.6 is 23.5 Å². The van der Waals surface area contributed by atoms with Crippen molar-refractivity contribution >= 4 is 35.4 Å². The van der Waals surface area contributed by atoms with E-state index in [0.29, 0.717) is 4.58 Å². The Balaban J connectivity index is 1.84. The van der Waals surface area contributed by atoms with Crippen molar-refractivity contribution in [2.45, 2.75) is 4.58 Å². The van der Waals surface area contributed by atoms with Gasteiger partial charge in [0.1, 0.15) is 0 Å². The van der Waals surface area contributed by atoms with Crippen LogP contribution in [0.1, 0.15) is 15.9 Å². The molecule has 0 saturated carbocycles. The van der Waals surface area contributed by atoms with E-state index in [1.54, 1.807) is 0 Å². The van der Waals surface area contributed by atoms with Gasteiger partial charge in [-0.15, -0.1) is 23.5 Å². The fourth-order valence-electron chi connectivity index (χ4n) is 2.46. The molecule has 0 spiro atoms. The van der Waals surface area contributed by atoms with Crippen molar-refractivity contribution in [1.82, 2.24) is 0 Å². The maximum atomic E-state index is 12.9. The van der Waals surface area contributed by atoms with Gasteiger partial charge >= 0.3 is 0 Å². The van der Waals surface area contributed by atoms with E-state index in [0.717, 1.165) is 22.6 Å². The van der Waals surface area contributed by atoms with Crippen molar-refractivity contribution in [3.8, 4) is 0 Å². The predicted molar refractivity (Wildman–Crippen MR) is 98.4 cm³/mol. The summed E-state index contributed by atoms with van der Waals surface area (Å²) in [6.07, 6.45) is 4.16. The zero-order valence-corrected chi connectivity index (χ0v) is 13.9. The molecule has 1 unspecified atom stereocenters. The lowest BCUT2D eigenvalue weighted by Gasteiger charge is -2.17. The maximum absolute atomic E-state index is 12.9. The van der Waals surface area contributed by atoms with E-state index in [2.05, 4.69) is 24.3 Å². The van der Waals surface area contributed by atoms with E-state index < -0.39 is 0 Å². The summed E-state index contributed by atoms with van der Waals surface area (Å²) >= 11 is 3.80. The first-order chi connectivity index (χ1) is 10.8. The van der Waals surface area contributed by atoms with E-state index >= 15 is 0 Å². The van der Waals surface area contributed by atoms with Crippen LogP contribution in [0.4, 0.5) is 0 Å². The second-order valence-electron chi connectivity index (χ2n) is 5.14. The quantitative estimate of drug-likeness (QED) is 0.719. The fraction of sp³-hybridized carbons (Fsp3) is 0.211. The van der Waals surface area contributed by atoms with E-state index in [1.807, 2.05) is 72.1 Å². The number of hydrogen-bond donors (Lipinski definition) is 0. The van der Waals surface area contributed by atoms with Gasteiger partial charge in [0.15, 0.2) is 5.78 Å². The third-order valence-electron chi connectivity index (χ3n) is 3.60. The third-order valence-corrected chi connectivity index (χ3v) is 6.80. The van der Waals surface area contributed by atoms with Crippen LogP contribution < -0.4 is 0 Å². The molecule has 1 aliphatic rings. The van der Waals surface area contributed by atoms with Gasteiger partial charge in [-0.05, 0) is 5.56 Å². The maximum Gasteiger partial charge on any atom is 0.171 e. The molecule has 0 aliphatic carbocycles. The summed E-state index contributed by atoms with van der Waals surface area (Å²) in [4.78, 5) is 12.9. The average Bonchev–Trinajstić information content (AvgIpc) is 3.11. The highest BCUT2D eigenvalue weighted by Gasteiger charge is 2.30.